The van der Waals surface area contributed by atoms with Gasteiger partial charge in [-0.3, -0.25) is 0 Å². The van der Waals surface area contributed by atoms with Crippen LogP contribution in [0.3, 0.4) is 0 Å². The SMILES string of the molecule is C/C=C/C[Se]c1cccc2ccccc12. The van der Waals surface area contributed by atoms with Crippen LogP contribution < -0.4 is 4.46 Å². The van der Waals surface area contributed by atoms with Gasteiger partial charge < -0.3 is 0 Å². The molecule has 0 heterocycles. The molecule has 0 spiro atoms. The number of rotatable bonds is 3. The van der Waals surface area contributed by atoms with Crippen molar-refractivity contribution < 1.29 is 0 Å². The molecule has 76 valence electrons. The van der Waals surface area contributed by atoms with E-state index in [2.05, 4.69) is 61.5 Å². The van der Waals surface area contributed by atoms with Gasteiger partial charge in [-0.15, -0.1) is 0 Å². The maximum absolute atomic E-state index is 2.26. The van der Waals surface area contributed by atoms with Gasteiger partial charge in [0.25, 0.3) is 0 Å². The Balaban J connectivity index is 2.34. The van der Waals surface area contributed by atoms with Gasteiger partial charge in [0.05, 0.1) is 0 Å². The zero-order valence-corrected chi connectivity index (χ0v) is 10.5. The van der Waals surface area contributed by atoms with E-state index in [4.69, 9.17) is 0 Å². The molecule has 0 fully saturated rings. The molecule has 0 nitrogen and oxygen atoms in total. The molecule has 0 atom stereocenters. The Bertz CT molecular complexity index is 466. The second kappa shape index (κ2) is 5.16. The van der Waals surface area contributed by atoms with Gasteiger partial charge >= 0.3 is 97.1 Å². The third-order valence-electron chi connectivity index (χ3n) is 2.32. The van der Waals surface area contributed by atoms with Gasteiger partial charge in [-0.05, 0) is 0 Å². The summed E-state index contributed by atoms with van der Waals surface area (Å²) in [5.41, 5.74) is 0. The zero-order valence-electron chi connectivity index (χ0n) is 8.81. The molecule has 2 aromatic rings. The van der Waals surface area contributed by atoms with Crippen molar-refractivity contribution in [2.75, 3.05) is 0 Å². The molecule has 0 bridgehead atoms. The van der Waals surface area contributed by atoms with Crippen molar-refractivity contribution in [2.45, 2.75) is 12.2 Å². The van der Waals surface area contributed by atoms with E-state index in [9.17, 15) is 0 Å². The second-order valence-electron chi connectivity index (χ2n) is 3.36. The Morgan fingerprint density at radius 2 is 1.87 bits per heavy atom. The summed E-state index contributed by atoms with van der Waals surface area (Å²) in [5, 5.41) is 3.97. The van der Waals surface area contributed by atoms with Crippen molar-refractivity contribution in [3.8, 4) is 0 Å². The van der Waals surface area contributed by atoms with Crippen molar-refractivity contribution in [1.82, 2.24) is 0 Å². The van der Waals surface area contributed by atoms with Gasteiger partial charge in [0.1, 0.15) is 0 Å². The van der Waals surface area contributed by atoms with Crippen LogP contribution in [0, 0.1) is 0 Å². The van der Waals surface area contributed by atoms with Crippen molar-refractivity contribution in [2.24, 2.45) is 0 Å². The standard InChI is InChI=1S/C14H14Se/c1-2-3-11-15-14-10-6-8-12-7-4-5-9-13(12)14/h2-10H,11H2,1H3/b3-2+. The van der Waals surface area contributed by atoms with E-state index in [1.54, 1.807) is 0 Å². The number of hydrogen-bond acceptors (Lipinski definition) is 0. The Morgan fingerprint density at radius 1 is 1.07 bits per heavy atom. The zero-order chi connectivity index (χ0) is 10.5. The van der Waals surface area contributed by atoms with Crippen LogP contribution in [0.5, 0.6) is 0 Å². The average Bonchev–Trinajstić information content (AvgIpc) is 2.30. The van der Waals surface area contributed by atoms with E-state index in [0.29, 0.717) is 15.0 Å². The van der Waals surface area contributed by atoms with E-state index >= 15 is 0 Å². The third-order valence-corrected chi connectivity index (χ3v) is 4.47. The van der Waals surface area contributed by atoms with Gasteiger partial charge in [-0.2, -0.15) is 0 Å². The van der Waals surface area contributed by atoms with E-state index in [0.717, 1.165) is 0 Å². The van der Waals surface area contributed by atoms with E-state index in [1.807, 2.05) is 0 Å². The molecule has 0 saturated carbocycles. The molecular formula is C14H14Se. The molecule has 0 N–H and O–H groups in total. The van der Waals surface area contributed by atoms with Crippen LogP contribution in [0.15, 0.2) is 54.6 Å². The molecule has 15 heavy (non-hydrogen) atoms. The molecule has 0 saturated heterocycles. The topological polar surface area (TPSA) is 0 Å². The number of benzene rings is 2. The fourth-order valence-corrected chi connectivity index (χ4v) is 3.62. The summed E-state index contributed by atoms with van der Waals surface area (Å²) in [4.78, 5) is 0. The summed E-state index contributed by atoms with van der Waals surface area (Å²) in [6.07, 6.45) is 4.38. The molecule has 1 heteroatoms. The predicted molar refractivity (Wildman–Crippen MR) is 69.0 cm³/mol. The summed E-state index contributed by atoms with van der Waals surface area (Å²) in [6, 6.07) is 15.2. The Labute approximate surface area is 97.2 Å². The van der Waals surface area contributed by atoms with Crippen LogP contribution in [0.1, 0.15) is 6.92 Å². The summed E-state index contributed by atoms with van der Waals surface area (Å²) in [7, 11) is 0. The van der Waals surface area contributed by atoms with Crippen molar-refractivity contribution in [3.05, 3.63) is 54.6 Å². The van der Waals surface area contributed by atoms with Gasteiger partial charge in [0.15, 0.2) is 0 Å². The van der Waals surface area contributed by atoms with Crippen LogP contribution >= 0.6 is 0 Å². The molecule has 0 aliphatic carbocycles. The van der Waals surface area contributed by atoms with Crippen LogP contribution in [0.4, 0.5) is 0 Å². The molecule has 0 aliphatic rings. The van der Waals surface area contributed by atoms with Crippen LogP contribution in [-0.4, -0.2) is 15.0 Å². The molecule has 0 unspecified atom stereocenters. The van der Waals surface area contributed by atoms with Gasteiger partial charge in [0.2, 0.25) is 0 Å². The number of allylic oxidation sites excluding steroid dienone is 2. The van der Waals surface area contributed by atoms with Crippen molar-refractivity contribution in [1.29, 1.82) is 0 Å². The minimum atomic E-state index is 0.563. The summed E-state index contributed by atoms with van der Waals surface area (Å²) < 4.78 is 1.51. The number of hydrogen-bond donors (Lipinski definition) is 0. The fourth-order valence-electron chi connectivity index (χ4n) is 1.56. The molecule has 0 aliphatic heterocycles. The molecular weight excluding hydrogens is 247 g/mol. The summed E-state index contributed by atoms with van der Waals surface area (Å²) in [6.45, 7) is 2.08. The van der Waals surface area contributed by atoms with E-state index < -0.39 is 0 Å². The average molecular weight is 261 g/mol. The molecule has 2 rings (SSSR count). The fraction of sp³-hybridized carbons (Fsp3) is 0.143. The quantitative estimate of drug-likeness (QED) is 0.588. The summed E-state index contributed by atoms with van der Waals surface area (Å²) >= 11 is 0.563. The first-order valence-corrected chi connectivity index (χ1v) is 7.20. The second-order valence-corrected chi connectivity index (χ2v) is 5.59. The first-order valence-electron chi connectivity index (χ1n) is 5.13. The Hall–Kier alpha value is -1.04. The number of fused-ring (bicyclic) bond motifs is 1. The molecule has 2 aromatic carbocycles. The van der Waals surface area contributed by atoms with Gasteiger partial charge in [-0.1, -0.05) is 0 Å². The Morgan fingerprint density at radius 3 is 2.73 bits per heavy atom. The normalized spacial score (nSPS) is 11.3. The van der Waals surface area contributed by atoms with E-state index in [1.165, 1.54) is 20.6 Å². The first-order chi connectivity index (χ1) is 7.42. The van der Waals surface area contributed by atoms with Gasteiger partial charge in [-0.25, -0.2) is 0 Å². The third kappa shape index (κ3) is 2.50. The first kappa shape index (κ1) is 10.5. The predicted octanol–water partition coefficient (Wildman–Crippen LogP) is 3.16. The molecule has 0 amide bonds. The van der Waals surface area contributed by atoms with Crippen LogP contribution in [0.25, 0.3) is 10.8 Å². The Kier molecular flexibility index (Phi) is 3.60. The van der Waals surface area contributed by atoms with Crippen molar-refractivity contribution >= 4 is 30.2 Å². The maximum atomic E-state index is 2.26. The molecule has 0 aromatic heterocycles. The molecule has 0 radical (unpaired) electrons. The minimum absolute atomic E-state index is 0.563. The summed E-state index contributed by atoms with van der Waals surface area (Å²) in [5.74, 6) is 0. The van der Waals surface area contributed by atoms with Crippen LogP contribution in [0.2, 0.25) is 5.32 Å². The van der Waals surface area contributed by atoms with Crippen LogP contribution in [-0.2, 0) is 0 Å². The van der Waals surface area contributed by atoms with Crippen molar-refractivity contribution in [3.63, 3.8) is 0 Å². The van der Waals surface area contributed by atoms with Gasteiger partial charge in [0, 0.05) is 0 Å². The van der Waals surface area contributed by atoms with E-state index in [-0.39, 0.29) is 0 Å². The monoisotopic (exact) mass is 262 g/mol.